The van der Waals surface area contributed by atoms with Crippen molar-refractivity contribution in [3.63, 3.8) is 0 Å². The van der Waals surface area contributed by atoms with E-state index in [1.54, 1.807) is 16.3 Å². The molecule has 0 radical (unpaired) electrons. The molecule has 34 heavy (non-hydrogen) atoms. The maximum absolute atomic E-state index is 13.4. The molecule has 0 spiro atoms. The number of hydrogen-bond donors (Lipinski definition) is 1. The molecule has 2 fully saturated rings. The number of carbonyl (C=O) groups excluding carboxylic acids is 1. The summed E-state index contributed by atoms with van der Waals surface area (Å²) in [6, 6.07) is 14.6. The van der Waals surface area contributed by atoms with Crippen LogP contribution in [0.5, 0.6) is 0 Å². The topological polar surface area (TPSA) is 68.9 Å². The highest BCUT2D eigenvalue weighted by molar-refractivity contribution is 7.82. The third-order valence-corrected chi connectivity index (χ3v) is 8.04. The van der Waals surface area contributed by atoms with E-state index in [9.17, 15) is 9.00 Å². The molecule has 1 atom stereocenters. The summed E-state index contributed by atoms with van der Waals surface area (Å²) in [6.45, 7) is 6.57. The third-order valence-electron chi connectivity index (χ3n) is 6.69. The molecule has 8 heteroatoms. The lowest BCUT2D eigenvalue weighted by molar-refractivity contribution is -0.135. The first-order valence-electron chi connectivity index (χ1n) is 12.0. The lowest BCUT2D eigenvalue weighted by Gasteiger charge is -2.28. The van der Waals surface area contributed by atoms with Gasteiger partial charge in [0.15, 0.2) is 0 Å². The Labute approximate surface area is 203 Å². The van der Waals surface area contributed by atoms with E-state index in [0.717, 1.165) is 40.9 Å². The lowest BCUT2D eigenvalue weighted by Crippen LogP contribution is -2.45. The Morgan fingerprint density at radius 1 is 1.06 bits per heavy atom. The second-order valence-electron chi connectivity index (χ2n) is 9.18. The first kappa shape index (κ1) is 23.1. The number of carbonyl (C=O) groups is 1. The highest BCUT2D eigenvalue weighted by atomic mass is 32.2. The fraction of sp³-hybridized carbons (Fsp3) is 0.423. The number of hydrogen-bond acceptors (Lipinski definition) is 4. The third kappa shape index (κ3) is 4.76. The standard InChI is InChI=1S/C26H32N4O3S/c1-19-5-6-20-16-24(27-23(20)15-19)22-17-21(7-8-25(22)29-9-3-4-10-29)34(32)28(2)18-26(31)30-11-13-33-14-12-30/h5-8,15-17,27H,3-4,9-14,18H2,1-2H3. The first-order valence-corrected chi connectivity index (χ1v) is 13.1. The molecule has 2 saturated heterocycles. The highest BCUT2D eigenvalue weighted by Gasteiger charge is 2.23. The second kappa shape index (κ2) is 9.90. The summed E-state index contributed by atoms with van der Waals surface area (Å²) < 4.78 is 20.4. The van der Waals surface area contributed by atoms with Gasteiger partial charge >= 0.3 is 0 Å². The Morgan fingerprint density at radius 3 is 2.59 bits per heavy atom. The Balaban J connectivity index is 1.44. The number of nitrogens with one attached hydrogen (secondary N) is 1. The van der Waals surface area contributed by atoms with Crippen LogP contribution in [0.4, 0.5) is 5.69 Å². The summed E-state index contributed by atoms with van der Waals surface area (Å²) in [5, 5.41) is 1.16. The van der Waals surface area contributed by atoms with Gasteiger partial charge < -0.3 is 19.5 Å². The van der Waals surface area contributed by atoms with Gasteiger partial charge in [-0.05, 0) is 55.7 Å². The van der Waals surface area contributed by atoms with Crippen LogP contribution in [0.1, 0.15) is 18.4 Å². The van der Waals surface area contributed by atoms with Crippen LogP contribution >= 0.6 is 0 Å². The number of H-pyrrole nitrogens is 1. The molecule has 0 bridgehead atoms. The number of morpholine rings is 1. The zero-order chi connectivity index (χ0) is 23.7. The minimum absolute atomic E-state index is 0.0148. The Morgan fingerprint density at radius 2 is 1.82 bits per heavy atom. The number of amides is 1. The van der Waals surface area contributed by atoms with Crippen molar-refractivity contribution >= 4 is 33.5 Å². The zero-order valence-electron chi connectivity index (χ0n) is 19.9. The minimum Gasteiger partial charge on any atom is -0.378 e. The molecule has 3 heterocycles. The molecular formula is C26H32N4O3S. The van der Waals surface area contributed by atoms with Gasteiger partial charge in [-0.1, -0.05) is 12.1 Å². The van der Waals surface area contributed by atoms with Gasteiger partial charge in [-0.25, -0.2) is 8.51 Å². The Kier molecular flexibility index (Phi) is 6.72. The molecule has 7 nitrogen and oxygen atoms in total. The number of fused-ring (bicyclic) bond motifs is 1. The number of ether oxygens (including phenoxy) is 1. The number of aromatic amines is 1. The quantitative estimate of drug-likeness (QED) is 0.586. The number of rotatable bonds is 6. The van der Waals surface area contributed by atoms with Gasteiger partial charge in [-0.2, -0.15) is 0 Å². The number of benzene rings is 2. The molecule has 1 aromatic heterocycles. The van der Waals surface area contributed by atoms with Crippen molar-refractivity contribution in [3.8, 4) is 11.3 Å². The number of anilines is 1. The van der Waals surface area contributed by atoms with E-state index < -0.39 is 11.0 Å². The smallest absolute Gasteiger partial charge is 0.237 e. The molecule has 5 rings (SSSR count). The molecule has 2 aliphatic rings. The Hall–Kier alpha value is -2.68. The van der Waals surface area contributed by atoms with Crippen LogP contribution in [0.25, 0.3) is 22.2 Å². The normalized spacial score (nSPS) is 17.6. The molecular weight excluding hydrogens is 448 g/mol. The fourth-order valence-electron chi connectivity index (χ4n) is 4.80. The summed E-state index contributed by atoms with van der Waals surface area (Å²) in [4.78, 5) is 21.1. The molecule has 3 aromatic rings. The minimum atomic E-state index is -1.45. The average molecular weight is 481 g/mol. The first-order chi connectivity index (χ1) is 16.5. The number of likely N-dealkylation sites (N-methyl/N-ethyl adjacent to an activating group) is 1. The van der Waals surface area contributed by atoms with E-state index in [2.05, 4.69) is 47.1 Å². The summed E-state index contributed by atoms with van der Waals surface area (Å²) in [6.07, 6.45) is 2.37. The monoisotopic (exact) mass is 480 g/mol. The molecule has 2 aromatic carbocycles. The van der Waals surface area contributed by atoms with Gasteiger partial charge in [-0.15, -0.1) is 0 Å². The Bertz CT molecular complexity index is 1210. The van der Waals surface area contributed by atoms with E-state index >= 15 is 0 Å². The van der Waals surface area contributed by atoms with E-state index in [1.807, 2.05) is 12.1 Å². The van der Waals surface area contributed by atoms with Crippen molar-refractivity contribution in [1.82, 2.24) is 14.2 Å². The van der Waals surface area contributed by atoms with Crippen molar-refractivity contribution in [3.05, 3.63) is 48.0 Å². The molecule has 2 aliphatic heterocycles. The maximum atomic E-state index is 13.4. The molecule has 1 N–H and O–H groups in total. The molecule has 180 valence electrons. The van der Waals surface area contributed by atoms with Gasteiger partial charge in [-0.3, -0.25) is 4.79 Å². The molecule has 0 aliphatic carbocycles. The van der Waals surface area contributed by atoms with Crippen LogP contribution in [0.15, 0.2) is 47.4 Å². The largest absolute Gasteiger partial charge is 0.378 e. The van der Waals surface area contributed by atoms with E-state index in [1.165, 1.54) is 18.4 Å². The van der Waals surface area contributed by atoms with Crippen LogP contribution in [-0.2, 0) is 20.5 Å². The lowest BCUT2D eigenvalue weighted by atomic mass is 10.1. The summed E-state index contributed by atoms with van der Waals surface area (Å²) in [5.41, 5.74) is 5.54. The van der Waals surface area contributed by atoms with Crippen LogP contribution in [0.2, 0.25) is 0 Å². The van der Waals surface area contributed by atoms with Crippen LogP contribution in [-0.4, -0.2) is 77.3 Å². The van der Waals surface area contributed by atoms with E-state index in [4.69, 9.17) is 4.74 Å². The van der Waals surface area contributed by atoms with Gasteiger partial charge in [0.25, 0.3) is 0 Å². The summed E-state index contributed by atoms with van der Waals surface area (Å²) in [5.74, 6) is -0.0148. The maximum Gasteiger partial charge on any atom is 0.237 e. The van der Waals surface area contributed by atoms with Crippen LogP contribution < -0.4 is 4.90 Å². The highest BCUT2D eigenvalue weighted by Crippen LogP contribution is 2.36. The van der Waals surface area contributed by atoms with Gasteiger partial charge in [0, 0.05) is 61.1 Å². The summed E-state index contributed by atoms with van der Waals surface area (Å²) >= 11 is 0. The van der Waals surface area contributed by atoms with Crippen molar-refractivity contribution in [2.24, 2.45) is 0 Å². The molecule has 1 unspecified atom stereocenters. The predicted octanol–water partition coefficient (Wildman–Crippen LogP) is 3.56. The van der Waals surface area contributed by atoms with Crippen molar-refractivity contribution in [2.45, 2.75) is 24.7 Å². The van der Waals surface area contributed by atoms with Crippen molar-refractivity contribution in [1.29, 1.82) is 0 Å². The SMILES string of the molecule is Cc1ccc2cc(-c3cc(S(=O)N(C)CC(=O)N4CCOCC4)ccc3N3CCCC3)[nH]c2c1. The summed E-state index contributed by atoms with van der Waals surface area (Å²) in [7, 11) is 0.298. The van der Waals surface area contributed by atoms with E-state index in [-0.39, 0.29) is 12.5 Å². The van der Waals surface area contributed by atoms with Gasteiger partial charge in [0.1, 0.15) is 11.0 Å². The fourth-order valence-corrected chi connectivity index (χ4v) is 5.79. The molecule has 1 amide bonds. The zero-order valence-corrected chi connectivity index (χ0v) is 20.7. The van der Waals surface area contributed by atoms with Crippen LogP contribution in [0, 0.1) is 6.92 Å². The number of aromatic nitrogens is 1. The number of aryl methyl sites for hydroxylation is 1. The van der Waals surface area contributed by atoms with Crippen molar-refractivity contribution in [2.75, 3.05) is 57.9 Å². The van der Waals surface area contributed by atoms with E-state index in [0.29, 0.717) is 31.2 Å². The van der Waals surface area contributed by atoms with Gasteiger partial charge in [0.05, 0.1) is 24.7 Å². The van der Waals surface area contributed by atoms with Gasteiger partial charge in [0.2, 0.25) is 5.91 Å². The predicted molar refractivity (Wildman–Crippen MR) is 136 cm³/mol. The molecule has 0 saturated carbocycles. The number of nitrogens with zero attached hydrogens (tertiary/aromatic N) is 3. The second-order valence-corrected chi connectivity index (χ2v) is 10.8. The average Bonchev–Trinajstić information content (AvgIpc) is 3.53. The van der Waals surface area contributed by atoms with Crippen LogP contribution in [0.3, 0.4) is 0 Å². The van der Waals surface area contributed by atoms with Crippen molar-refractivity contribution < 1.29 is 13.7 Å².